The van der Waals surface area contributed by atoms with Gasteiger partial charge in [-0.15, -0.1) is 0 Å². The minimum absolute atomic E-state index is 0.373. The van der Waals surface area contributed by atoms with Gasteiger partial charge in [-0.2, -0.15) is 0 Å². The van der Waals surface area contributed by atoms with Gasteiger partial charge in [-0.1, -0.05) is 12.1 Å². The average molecular weight is 260 g/mol. The van der Waals surface area contributed by atoms with Crippen LogP contribution in [0.5, 0.6) is 5.75 Å². The number of fused-ring (bicyclic) bond motifs is 2. The molecule has 2 fully saturated rings. The van der Waals surface area contributed by atoms with Crippen molar-refractivity contribution in [1.29, 1.82) is 0 Å². The first-order valence-corrected chi connectivity index (χ1v) is 7.40. The molecule has 0 amide bonds. The Morgan fingerprint density at radius 2 is 2.00 bits per heavy atom. The SMILES string of the molecule is CC(c1cccc(O)c1)N1CCC2CCC(C1)N2C. The molecule has 2 saturated heterocycles. The van der Waals surface area contributed by atoms with E-state index in [9.17, 15) is 5.11 Å². The number of benzene rings is 1. The van der Waals surface area contributed by atoms with Crippen molar-refractivity contribution in [3.05, 3.63) is 29.8 Å². The Morgan fingerprint density at radius 3 is 2.79 bits per heavy atom. The number of likely N-dealkylation sites (N-methyl/N-ethyl adjacent to an activating group) is 1. The van der Waals surface area contributed by atoms with Crippen molar-refractivity contribution in [2.45, 2.75) is 44.3 Å². The predicted octanol–water partition coefficient (Wildman–Crippen LogP) is 2.62. The summed E-state index contributed by atoms with van der Waals surface area (Å²) >= 11 is 0. The van der Waals surface area contributed by atoms with E-state index in [2.05, 4.69) is 29.8 Å². The molecule has 19 heavy (non-hydrogen) atoms. The molecule has 0 radical (unpaired) electrons. The third kappa shape index (κ3) is 2.49. The summed E-state index contributed by atoms with van der Waals surface area (Å²) in [7, 11) is 2.28. The fourth-order valence-electron chi connectivity index (χ4n) is 3.68. The summed E-state index contributed by atoms with van der Waals surface area (Å²) in [6.07, 6.45) is 3.98. The third-order valence-corrected chi connectivity index (χ3v) is 5.08. The Labute approximate surface area is 115 Å². The maximum atomic E-state index is 9.64. The molecule has 0 aromatic heterocycles. The van der Waals surface area contributed by atoms with E-state index in [1.807, 2.05) is 12.1 Å². The van der Waals surface area contributed by atoms with Crippen LogP contribution >= 0.6 is 0 Å². The molecule has 2 heterocycles. The number of rotatable bonds is 2. The molecule has 3 unspecified atom stereocenters. The highest BCUT2D eigenvalue weighted by Crippen LogP contribution is 2.32. The maximum Gasteiger partial charge on any atom is 0.115 e. The molecule has 2 bridgehead atoms. The van der Waals surface area contributed by atoms with Crippen molar-refractivity contribution < 1.29 is 5.11 Å². The van der Waals surface area contributed by atoms with Gasteiger partial charge in [-0.3, -0.25) is 9.80 Å². The zero-order valence-electron chi connectivity index (χ0n) is 11.9. The average Bonchev–Trinajstić information content (AvgIpc) is 2.62. The van der Waals surface area contributed by atoms with Gasteiger partial charge < -0.3 is 5.11 Å². The molecule has 0 aliphatic carbocycles. The molecule has 0 spiro atoms. The van der Waals surface area contributed by atoms with Gasteiger partial charge in [-0.05, 0) is 50.9 Å². The molecule has 2 aliphatic heterocycles. The molecular weight excluding hydrogens is 236 g/mol. The first-order valence-electron chi connectivity index (χ1n) is 7.40. The highest BCUT2D eigenvalue weighted by molar-refractivity contribution is 5.29. The number of phenols is 1. The normalized spacial score (nSPS) is 30.2. The van der Waals surface area contributed by atoms with Gasteiger partial charge in [-0.25, -0.2) is 0 Å². The molecule has 2 aliphatic rings. The smallest absolute Gasteiger partial charge is 0.115 e. The summed E-state index contributed by atoms with van der Waals surface area (Å²) < 4.78 is 0. The summed E-state index contributed by atoms with van der Waals surface area (Å²) in [5.41, 5.74) is 1.22. The molecule has 1 aromatic carbocycles. The number of likely N-dealkylation sites (tertiary alicyclic amines) is 1. The van der Waals surface area contributed by atoms with Crippen LogP contribution in [0.3, 0.4) is 0 Å². The van der Waals surface area contributed by atoms with E-state index in [-0.39, 0.29) is 0 Å². The van der Waals surface area contributed by atoms with Gasteiger partial charge in [0, 0.05) is 31.2 Å². The van der Waals surface area contributed by atoms with Crippen LogP contribution in [0.1, 0.15) is 37.8 Å². The lowest BCUT2D eigenvalue weighted by molar-refractivity contribution is 0.181. The first-order chi connectivity index (χ1) is 9.15. The van der Waals surface area contributed by atoms with Crippen molar-refractivity contribution in [2.75, 3.05) is 20.1 Å². The monoisotopic (exact) mass is 260 g/mol. The number of hydrogen-bond donors (Lipinski definition) is 1. The first kappa shape index (κ1) is 12.9. The second-order valence-electron chi connectivity index (χ2n) is 6.11. The quantitative estimate of drug-likeness (QED) is 0.885. The molecule has 0 saturated carbocycles. The van der Waals surface area contributed by atoms with E-state index in [0.717, 1.165) is 12.6 Å². The lowest BCUT2D eigenvalue weighted by Gasteiger charge is -2.31. The van der Waals surface area contributed by atoms with Gasteiger partial charge in [0.1, 0.15) is 5.75 Å². The van der Waals surface area contributed by atoms with Gasteiger partial charge >= 0.3 is 0 Å². The molecule has 3 rings (SSSR count). The summed E-state index contributed by atoms with van der Waals surface area (Å²) in [6.45, 7) is 4.58. The molecule has 1 N–H and O–H groups in total. The van der Waals surface area contributed by atoms with Crippen LogP contribution in [0.25, 0.3) is 0 Å². The van der Waals surface area contributed by atoms with E-state index >= 15 is 0 Å². The van der Waals surface area contributed by atoms with Crippen LogP contribution in [0.4, 0.5) is 0 Å². The van der Waals surface area contributed by atoms with Crippen LogP contribution in [0, 0.1) is 0 Å². The summed E-state index contributed by atoms with van der Waals surface area (Å²) in [5.74, 6) is 0.373. The van der Waals surface area contributed by atoms with Gasteiger partial charge in [0.25, 0.3) is 0 Å². The minimum atomic E-state index is 0.373. The Bertz CT molecular complexity index is 448. The summed E-state index contributed by atoms with van der Waals surface area (Å²) in [5, 5.41) is 9.64. The predicted molar refractivity (Wildman–Crippen MR) is 77.3 cm³/mol. The van der Waals surface area contributed by atoms with Gasteiger partial charge in [0.15, 0.2) is 0 Å². The Hall–Kier alpha value is -1.06. The number of hydrogen-bond acceptors (Lipinski definition) is 3. The Morgan fingerprint density at radius 1 is 1.21 bits per heavy atom. The molecule has 1 aromatic rings. The summed E-state index contributed by atoms with van der Waals surface area (Å²) in [4.78, 5) is 5.16. The van der Waals surface area contributed by atoms with Crippen LogP contribution < -0.4 is 0 Å². The number of aromatic hydroxyl groups is 1. The van der Waals surface area contributed by atoms with Crippen molar-refractivity contribution in [2.24, 2.45) is 0 Å². The zero-order valence-corrected chi connectivity index (χ0v) is 11.9. The highest BCUT2D eigenvalue weighted by atomic mass is 16.3. The second-order valence-corrected chi connectivity index (χ2v) is 6.11. The minimum Gasteiger partial charge on any atom is -0.508 e. The number of nitrogens with zero attached hydrogens (tertiary/aromatic N) is 2. The van der Waals surface area contributed by atoms with Crippen LogP contribution in [0.2, 0.25) is 0 Å². The van der Waals surface area contributed by atoms with Gasteiger partial charge in [0.2, 0.25) is 0 Å². The summed E-state index contributed by atoms with van der Waals surface area (Å²) in [6, 6.07) is 9.60. The van der Waals surface area contributed by atoms with Crippen molar-refractivity contribution in [3.63, 3.8) is 0 Å². The van der Waals surface area contributed by atoms with E-state index in [4.69, 9.17) is 0 Å². The standard InChI is InChI=1S/C16H24N2O/c1-12(13-4-3-5-16(19)10-13)18-9-8-14-6-7-15(11-18)17(14)2/h3-5,10,12,14-15,19H,6-9,11H2,1-2H3. The highest BCUT2D eigenvalue weighted by Gasteiger charge is 2.35. The molecule has 104 valence electrons. The topological polar surface area (TPSA) is 26.7 Å². The van der Waals surface area contributed by atoms with E-state index in [0.29, 0.717) is 17.8 Å². The van der Waals surface area contributed by atoms with Crippen LogP contribution in [-0.2, 0) is 0 Å². The van der Waals surface area contributed by atoms with E-state index < -0.39 is 0 Å². The van der Waals surface area contributed by atoms with Crippen molar-refractivity contribution in [1.82, 2.24) is 9.80 Å². The fraction of sp³-hybridized carbons (Fsp3) is 0.625. The lowest BCUT2D eigenvalue weighted by atomic mass is 10.0. The number of phenolic OH excluding ortho intramolecular Hbond substituents is 1. The lowest BCUT2D eigenvalue weighted by Crippen LogP contribution is -2.37. The largest absolute Gasteiger partial charge is 0.508 e. The molecule has 3 heteroatoms. The zero-order chi connectivity index (χ0) is 13.4. The van der Waals surface area contributed by atoms with Crippen LogP contribution in [0.15, 0.2) is 24.3 Å². The Kier molecular flexibility index (Phi) is 3.50. The fourth-order valence-corrected chi connectivity index (χ4v) is 3.68. The Balaban J connectivity index is 1.75. The van der Waals surface area contributed by atoms with Gasteiger partial charge in [0.05, 0.1) is 0 Å². The van der Waals surface area contributed by atoms with E-state index in [1.54, 1.807) is 6.07 Å². The molecular formula is C16H24N2O. The van der Waals surface area contributed by atoms with Crippen molar-refractivity contribution in [3.8, 4) is 5.75 Å². The van der Waals surface area contributed by atoms with E-state index in [1.165, 1.54) is 31.4 Å². The second kappa shape index (κ2) is 5.14. The van der Waals surface area contributed by atoms with Crippen LogP contribution in [-0.4, -0.2) is 47.1 Å². The molecule has 3 nitrogen and oxygen atoms in total. The van der Waals surface area contributed by atoms with Crippen molar-refractivity contribution >= 4 is 0 Å². The maximum absolute atomic E-state index is 9.64. The molecule has 3 atom stereocenters. The third-order valence-electron chi connectivity index (χ3n) is 5.08.